The molecular weight excluding hydrogens is 413 g/mol. The van der Waals surface area contributed by atoms with Gasteiger partial charge < -0.3 is 5.32 Å². The number of benzene rings is 2. The molecule has 0 aliphatic heterocycles. The van der Waals surface area contributed by atoms with Crippen molar-refractivity contribution in [3.05, 3.63) is 78.5 Å². The Kier molecular flexibility index (Phi) is 6.57. The monoisotopic (exact) mass is 435 g/mol. The van der Waals surface area contributed by atoms with E-state index in [0.29, 0.717) is 22.9 Å². The average molecular weight is 436 g/mol. The van der Waals surface area contributed by atoms with E-state index in [4.69, 9.17) is 0 Å². The highest BCUT2D eigenvalue weighted by molar-refractivity contribution is 8.00. The lowest BCUT2D eigenvalue weighted by Gasteiger charge is -2.16. The molecule has 1 unspecified atom stereocenters. The van der Waals surface area contributed by atoms with Gasteiger partial charge in [-0.05, 0) is 36.2 Å². The molecule has 2 heterocycles. The second kappa shape index (κ2) is 9.70. The van der Waals surface area contributed by atoms with E-state index in [2.05, 4.69) is 39.4 Å². The van der Waals surface area contributed by atoms with Crippen molar-refractivity contribution in [3.8, 4) is 5.69 Å². The lowest BCUT2D eigenvalue weighted by atomic mass is 9.96. The fraction of sp³-hybridized carbons (Fsp3) is 0.217. The first-order chi connectivity index (χ1) is 15.2. The van der Waals surface area contributed by atoms with E-state index in [9.17, 15) is 9.18 Å². The molecule has 1 amide bonds. The molecule has 2 aromatic carbocycles. The Labute approximate surface area is 183 Å². The van der Waals surface area contributed by atoms with Gasteiger partial charge in [0.2, 0.25) is 5.91 Å². The maximum absolute atomic E-state index is 13.2. The maximum atomic E-state index is 13.2. The van der Waals surface area contributed by atoms with Gasteiger partial charge in [-0.1, -0.05) is 49.0 Å². The van der Waals surface area contributed by atoms with E-state index < -0.39 is 0 Å². The molecule has 0 aliphatic rings. The van der Waals surface area contributed by atoms with Gasteiger partial charge in [-0.3, -0.25) is 4.79 Å². The van der Waals surface area contributed by atoms with E-state index >= 15 is 0 Å². The van der Waals surface area contributed by atoms with Crippen LogP contribution in [-0.2, 0) is 4.79 Å². The van der Waals surface area contributed by atoms with Crippen molar-refractivity contribution in [3.63, 3.8) is 0 Å². The molecule has 158 valence electrons. The molecule has 4 aromatic rings. The maximum Gasteiger partial charge on any atom is 0.230 e. The summed E-state index contributed by atoms with van der Waals surface area (Å²) >= 11 is 1.35. The van der Waals surface area contributed by atoms with E-state index in [-0.39, 0.29) is 23.4 Å². The standard InChI is InChI=1S/C23H22FN5OS/c1-2-16(17-6-4-3-5-7-17)12-25-21(30)14-31-23-20-13-28-29(22(20)26-15-27-23)19-10-8-18(24)9-11-19/h3-11,13,15-16H,2,12,14H2,1H3,(H,25,30). The van der Waals surface area contributed by atoms with Crippen molar-refractivity contribution < 1.29 is 9.18 Å². The van der Waals surface area contributed by atoms with Crippen molar-refractivity contribution in [2.45, 2.75) is 24.3 Å². The summed E-state index contributed by atoms with van der Waals surface area (Å²) in [4.78, 5) is 21.1. The first-order valence-electron chi connectivity index (χ1n) is 10.0. The number of fused-ring (bicyclic) bond motifs is 1. The third kappa shape index (κ3) is 4.91. The lowest BCUT2D eigenvalue weighted by molar-refractivity contribution is -0.118. The predicted molar refractivity (Wildman–Crippen MR) is 120 cm³/mol. The number of carbonyl (C=O) groups excluding carboxylic acids is 1. The number of rotatable bonds is 8. The Balaban J connectivity index is 1.41. The second-order valence-electron chi connectivity index (χ2n) is 7.06. The topological polar surface area (TPSA) is 72.7 Å². The van der Waals surface area contributed by atoms with Crippen LogP contribution in [-0.4, -0.2) is 38.0 Å². The van der Waals surface area contributed by atoms with E-state index in [0.717, 1.165) is 11.8 Å². The number of amides is 1. The molecule has 0 radical (unpaired) electrons. The molecule has 31 heavy (non-hydrogen) atoms. The minimum atomic E-state index is -0.310. The van der Waals surface area contributed by atoms with E-state index in [1.807, 2.05) is 18.2 Å². The van der Waals surface area contributed by atoms with Gasteiger partial charge in [0.1, 0.15) is 17.2 Å². The molecule has 0 saturated carbocycles. The lowest BCUT2D eigenvalue weighted by Crippen LogP contribution is -2.29. The summed E-state index contributed by atoms with van der Waals surface area (Å²) in [6.07, 6.45) is 4.07. The average Bonchev–Trinajstić information content (AvgIpc) is 3.24. The summed E-state index contributed by atoms with van der Waals surface area (Å²) in [5.41, 5.74) is 2.54. The van der Waals surface area contributed by atoms with Crippen LogP contribution in [0.5, 0.6) is 0 Å². The van der Waals surface area contributed by atoms with Gasteiger partial charge in [0, 0.05) is 12.5 Å². The molecule has 2 aromatic heterocycles. The van der Waals surface area contributed by atoms with Crippen LogP contribution in [0.1, 0.15) is 24.8 Å². The highest BCUT2D eigenvalue weighted by atomic mass is 32.2. The van der Waals surface area contributed by atoms with Crippen molar-refractivity contribution in [1.82, 2.24) is 25.1 Å². The van der Waals surface area contributed by atoms with Gasteiger partial charge in [0.05, 0.1) is 23.0 Å². The van der Waals surface area contributed by atoms with Gasteiger partial charge in [-0.15, -0.1) is 0 Å². The Bertz CT molecular complexity index is 1160. The predicted octanol–water partition coefficient (Wildman–Crippen LogP) is 4.36. The number of nitrogens with one attached hydrogen (secondary N) is 1. The normalized spacial score (nSPS) is 12.1. The largest absolute Gasteiger partial charge is 0.355 e. The smallest absolute Gasteiger partial charge is 0.230 e. The molecule has 1 N–H and O–H groups in total. The Hall–Kier alpha value is -3.26. The molecule has 0 aliphatic carbocycles. The third-order valence-electron chi connectivity index (χ3n) is 5.05. The van der Waals surface area contributed by atoms with E-state index in [1.165, 1.54) is 35.8 Å². The number of halogens is 1. The number of hydrogen-bond donors (Lipinski definition) is 1. The summed E-state index contributed by atoms with van der Waals surface area (Å²) in [6.45, 7) is 2.72. The Morgan fingerprint density at radius 1 is 1.13 bits per heavy atom. The molecule has 0 spiro atoms. The van der Waals surface area contributed by atoms with Gasteiger partial charge in [-0.2, -0.15) is 5.10 Å². The fourth-order valence-corrected chi connectivity index (χ4v) is 4.14. The zero-order chi connectivity index (χ0) is 21.6. The Morgan fingerprint density at radius 2 is 1.90 bits per heavy atom. The summed E-state index contributed by atoms with van der Waals surface area (Å²) in [7, 11) is 0. The minimum Gasteiger partial charge on any atom is -0.355 e. The zero-order valence-corrected chi connectivity index (χ0v) is 17.8. The molecule has 0 saturated heterocycles. The van der Waals surface area contributed by atoms with Crippen LogP contribution in [0.2, 0.25) is 0 Å². The van der Waals surface area contributed by atoms with Crippen molar-refractivity contribution in [1.29, 1.82) is 0 Å². The number of thioether (sulfide) groups is 1. The summed E-state index contributed by atoms with van der Waals surface area (Å²) in [5, 5.41) is 8.83. The Morgan fingerprint density at radius 3 is 2.65 bits per heavy atom. The molecule has 1 atom stereocenters. The second-order valence-corrected chi connectivity index (χ2v) is 8.02. The SMILES string of the molecule is CCC(CNC(=O)CSc1ncnc2c1cnn2-c1ccc(F)cc1)c1ccccc1. The van der Waals surface area contributed by atoms with Gasteiger partial charge in [0.25, 0.3) is 0 Å². The van der Waals surface area contributed by atoms with Crippen LogP contribution in [0.4, 0.5) is 4.39 Å². The molecular formula is C23H22FN5OS. The third-order valence-corrected chi connectivity index (χ3v) is 6.06. The molecule has 0 bridgehead atoms. The van der Waals surface area contributed by atoms with Crippen molar-refractivity contribution in [2.24, 2.45) is 0 Å². The highest BCUT2D eigenvalue weighted by Gasteiger charge is 2.14. The number of carbonyl (C=O) groups is 1. The summed E-state index contributed by atoms with van der Waals surface area (Å²) < 4.78 is 14.8. The molecule has 6 nitrogen and oxygen atoms in total. The molecule has 0 fully saturated rings. The van der Waals surface area contributed by atoms with Crippen LogP contribution in [0.25, 0.3) is 16.7 Å². The molecule has 8 heteroatoms. The highest BCUT2D eigenvalue weighted by Crippen LogP contribution is 2.26. The van der Waals surface area contributed by atoms with Gasteiger partial charge in [0.15, 0.2) is 5.65 Å². The van der Waals surface area contributed by atoms with Crippen LogP contribution in [0.15, 0.2) is 72.1 Å². The van der Waals surface area contributed by atoms with Crippen LogP contribution in [0.3, 0.4) is 0 Å². The van der Waals surface area contributed by atoms with Gasteiger partial charge >= 0.3 is 0 Å². The van der Waals surface area contributed by atoms with Gasteiger partial charge in [-0.25, -0.2) is 19.0 Å². The first kappa shape index (κ1) is 21.0. The summed E-state index contributed by atoms with van der Waals surface area (Å²) in [6, 6.07) is 16.2. The quantitative estimate of drug-likeness (QED) is 0.329. The number of nitrogens with zero attached hydrogens (tertiary/aromatic N) is 4. The minimum absolute atomic E-state index is 0.0444. The zero-order valence-electron chi connectivity index (χ0n) is 17.0. The van der Waals surface area contributed by atoms with Crippen LogP contribution >= 0.6 is 11.8 Å². The molecule has 4 rings (SSSR count). The fourth-order valence-electron chi connectivity index (χ4n) is 3.35. The van der Waals surface area contributed by atoms with Crippen molar-refractivity contribution >= 4 is 28.7 Å². The van der Waals surface area contributed by atoms with Crippen molar-refractivity contribution in [2.75, 3.05) is 12.3 Å². The van der Waals surface area contributed by atoms with E-state index in [1.54, 1.807) is 23.0 Å². The number of aromatic nitrogens is 4. The van der Waals surface area contributed by atoms with Crippen LogP contribution < -0.4 is 5.32 Å². The first-order valence-corrected chi connectivity index (χ1v) is 11.0. The van der Waals surface area contributed by atoms with Crippen LogP contribution in [0, 0.1) is 5.82 Å². The number of hydrogen-bond acceptors (Lipinski definition) is 5. The summed E-state index contributed by atoms with van der Waals surface area (Å²) in [5.74, 6) is 0.181.